The van der Waals surface area contributed by atoms with E-state index in [0.717, 1.165) is 22.4 Å². The fourth-order valence-corrected chi connectivity index (χ4v) is 2.56. The topological polar surface area (TPSA) is 58.2 Å². The van der Waals surface area contributed by atoms with Crippen LogP contribution < -0.4 is 10.6 Å². The Kier molecular flexibility index (Phi) is 5.53. The third kappa shape index (κ3) is 4.20. The molecule has 0 aliphatic carbocycles. The van der Waals surface area contributed by atoms with Gasteiger partial charge in [-0.1, -0.05) is 35.9 Å². The van der Waals surface area contributed by atoms with Crippen LogP contribution in [0.5, 0.6) is 0 Å². The summed E-state index contributed by atoms with van der Waals surface area (Å²) in [7, 11) is 0. The number of nitrogens with one attached hydrogen (secondary N) is 2. The number of para-hydroxylation sites is 1. The Hall–Kier alpha value is -2.33. The van der Waals surface area contributed by atoms with Crippen molar-refractivity contribution < 1.29 is 9.59 Å². The summed E-state index contributed by atoms with van der Waals surface area (Å²) in [6.45, 7) is 8.92. The first-order valence-corrected chi connectivity index (χ1v) is 8.46. The number of hydrogen-bond donors (Lipinski definition) is 2. The Labute approximate surface area is 153 Å². The van der Waals surface area contributed by atoms with Gasteiger partial charge >= 0.3 is 0 Å². The van der Waals surface area contributed by atoms with Crippen LogP contribution in [0.15, 0.2) is 36.4 Å². The van der Waals surface area contributed by atoms with Gasteiger partial charge in [-0.05, 0) is 63.4 Å². The lowest BCUT2D eigenvalue weighted by atomic mass is 9.90. The Bertz CT molecular complexity index is 808. The van der Waals surface area contributed by atoms with E-state index in [0.29, 0.717) is 10.7 Å². The summed E-state index contributed by atoms with van der Waals surface area (Å²) in [6.07, 6.45) is 0. The molecular formula is C20H23ClN2O2. The highest BCUT2D eigenvalue weighted by molar-refractivity contribution is 6.31. The molecule has 0 aromatic heterocycles. The Morgan fingerprint density at radius 3 is 2.04 bits per heavy atom. The molecule has 0 atom stereocenters. The Morgan fingerprint density at radius 2 is 1.44 bits per heavy atom. The molecule has 4 nitrogen and oxygen atoms in total. The second-order valence-corrected chi connectivity index (χ2v) is 7.20. The van der Waals surface area contributed by atoms with E-state index in [1.807, 2.05) is 45.0 Å². The van der Waals surface area contributed by atoms with Crippen LogP contribution in [0.25, 0.3) is 0 Å². The summed E-state index contributed by atoms with van der Waals surface area (Å²) >= 11 is 5.99. The van der Waals surface area contributed by atoms with E-state index < -0.39 is 5.41 Å². The summed E-state index contributed by atoms with van der Waals surface area (Å²) in [4.78, 5) is 25.4. The van der Waals surface area contributed by atoms with Crippen LogP contribution in [0.4, 0.5) is 11.4 Å². The van der Waals surface area contributed by atoms with E-state index in [-0.39, 0.29) is 11.8 Å². The second-order valence-electron chi connectivity index (χ2n) is 6.76. The van der Waals surface area contributed by atoms with Gasteiger partial charge in [0.15, 0.2) is 0 Å². The SMILES string of the molecule is Cc1ccc(Cl)cc1NC(=O)C(C)(C)C(=O)Nc1c(C)cccc1C. The molecule has 5 heteroatoms. The van der Waals surface area contributed by atoms with E-state index in [2.05, 4.69) is 10.6 Å². The molecule has 2 aromatic rings. The highest BCUT2D eigenvalue weighted by Gasteiger charge is 2.36. The highest BCUT2D eigenvalue weighted by atomic mass is 35.5. The molecule has 0 aliphatic rings. The lowest BCUT2D eigenvalue weighted by Crippen LogP contribution is -2.42. The molecule has 0 spiro atoms. The monoisotopic (exact) mass is 358 g/mol. The van der Waals surface area contributed by atoms with Crippen LogP contribution >= 0.6 is 11.6 Å². The number of hydrogen-bond acceptors (Lipinski definition) is 2. The molecule has 25 heavy (non-hydrogen) atoms. The van der Waals surface area contributed by atoms with E-state index in [4.69, 9.17) is 11.6 Å². The molecule has 0 saturated carbocycles. The number of amides is 2. The van der Waals surface area contributed by atoms with Crippen molar-refractivity contribution in [3.63, 3.8) is 0 Å². The van der Waals surface area contributed by atoms with E-state index in [1.54, 1.807) is 26.0 Å². The predicted octanol–water partition coefficient (Wildman–Crippen LogP) is 4.87. The van der Waals surface area contributed by atoms with Crippen molar-refractivity contribution >= 4 is 34.8 Å². The lowest BCUT2D eigenvalue weighted by molar-refractivity contribution is -0.135. The van der Waals surface area contributed by atoms with Gasteiger partial charge in [0.05, 0.1) is 0 Å². The van der Waals surface area contributed by atoms with Gasteiger partial charge in [0.2, 0.25) is 11.8 Å². The first-order chi connectivity index (χ1) is 11.6. The summed E-state index contributed by atoms with van der Waals surface area (Å²) in [5, 5.41) is 6.22. The summed E-state index contributed by atoms with van der Waals surface area (Å²) in [5.41, 5.74) is 2.88. The zero-order chi connectivity index (χ0) is 18.8. The van der Waals surface area contributed by atoms with Crippen LogP contribution in [0, 0.1) is 26.2 Å². The average Bonchev–Trinajstić information content (AvgIpc) is 2.54. The fourth-order valence-electron chi connectivity index (χ4n) is 2.39. The first kappa shape index (κ1) is 19.0. The molecule has 0 saturated heterocycles. The Balaban J connectivity index is 2.20. The predicted molar refractivity (Wildman–Crippen MR) is 103 cm³/mol. The van der Waals surface area contributed by atoms with Crippen molar-refractivity contribution in [1.82, 2.24) is 0 Å². The van der Waals surface area contributed by atoms with Crippen LogP contribution in [0.2, 0.25) is 5.02 Å². The van der Waals surface area contributed by atoms with Gasteiger partial charge in [-0.3, -0.25) is 9.59 Å². The van der Waals surface area contributed by atoms with Gasteiger partial charge in [-0.25, -0.2) is 0 Å². The zero-order valence-corrected chi connectivity index (χ0v) is 15.9. The van der Waals surface area contributed by atoms with Crippen LogP contribution in [-0.2, 0) is 9.59 Å². The van der Waals surface area contributed by atoms with Gasteiger partial charge in [0.25, 0.3) is 0 Å². The standard InChI is InChI=1S/C20H23ClN2O2/c1-12-9-10-15(21)11-16(12)22-18(24)20(4,5)19(25)23-17-13(2)7-6-8-14(17)3/h6-11H,1-5H3,(H,22,24)(H,23,25). The van der Waals surface area contributed by atoms with Crippen LogP contribution in [0.1, 0.15) is 30.5 Å². The maximum atomic E-state index is 12.7. The van der Waals surface area contributed by atoms with Gasteiger partial charge in [-0.15, -0.1) is 0 Å². The number of benzene rings is 2. The van der Waals surface area contributed by atoms with Crippen molar-refractivity contribution in [2.45, 2.75) is 34.6 Å². The Morgan fingerprint density at radius 1 is 0.880 bits per heavy atom. The minimum Gasteiger partial charge on any atom is -0.325 e. The minimum atomic E-state index is -1.25. The van der Waals surface area contributed by atoms with Crippen molar-refractivity contribution in [2.24, 2.45) is 5.41 Å². The van der Waals surface area contributed by atoms with E-state index in [9.17, 15) is 9.59 Å². The van der Waals surface area contributed by atoms with E-state index >= 15 is 0 Å². The molecular weight excluding hydrogens is 336 g/mol. The fraction of sp³-hybridized carbons (Fsp3) is 0.300. The molecule has 0 heterocycles. The van der Waals surface area contributed by atoms with Crippen molar-refractivity contribution in [3.05, 3.63) is 58.1 Å². The molecule has 2 N–H and O–H groups in total. The largest absolute Gasteiger partial charge is 0.325 e. The molecule has 2 amide bonds. The van der Waals surface area contributed by atoms with Crippen molar-refractivity contribution in [2.75, 3.05) is 10.6 Å². The number of halogens is 1. The quantitative estimate of drug-likeness (QED) is 0.766. The van der Waals surface area contributed by atoms with Gasteiger partial charge < -0.3 is 10.6 Å². The zero-order valence-electron chi connectivity index (χ0n) is 15.2. The maximum absolute atomic E-state index is 12.7. The number of aryl methyl sites for hydroxylation is 3. The van der Waals surface area contributed by atoms with Gasteiger partial charge in [0.1, 0.15) is 5.41 Å². The summed E-state index contributed by atoms with van der Waals surface area (Å²) in [5.74, 6) is -0.747. The smallest absolute Gasteiger partial charge is 0.239 e. The number of rotatable bonds is 4. The number of carbonyl (C=O) groups excluding carboxylic acids is 2. The highest BCUT2D eigenvalue weighted by Crippen LogP contribution is 2.27. The third-order valence-corrected chi connectivity index (χ3v) is 4.54. The van der Waals surface area contributed by atoms with Crippen LogP contribution in [0.3, 0.4) is 0 Å². The molecule has 132 valence electrons. The van der Waals surface area contributed by atoms with Crippen LogP contribution in [-0.4, -0.2) is 11.8 Å². The second kappa shape index (κ2) is 7.28. The lowest BCUT2D eigenvalue weighted by Gasteiger charge is -2.24. The number of carbonyl (C=O) groups is 2. The van der Waals surface area contributed by atoms with E-state index in [1.165, 1.54) is 0 Å². The minimum absolute atomic E-state index is 0.359. The average molecular weight is 359 g/mol. The number of anilines is 2. The summed E-state index contributed by atoms with van der Waals surface area (Å²) < 4.78 is 0. The molecule has 0 aliphatic heterocycles. The normalized spacial score (nSPS) is 11.1. The van der Waals surface area contributed by atoms with Crippen molar-refractivity contribution in [1.29, 1.82) is 0 Å². The first-order valence-electron chi connectivity index (χ1n) is 8.08. The van der Waals surface area contributed by atoms with Gasteiger partial charge in [0, 0.05) is 16.4 Å². The molecule has 0 radical (unpaired) electrons. The molecule has 0 fully saturated rings. The molecule has 0 unspecified atom stereocenters. The summed E-state index contributed by atoms with van der Waals surface area (Å²) in [6, 6.07) is 11.0. The third-order valence-electron chi connectivity index (χ3n) is 4.30. The molecule has 0 bridgehead atoms. The molecule has 2 rings (SSSR count). The van der Waals surface area contributed by atoms with Crippen molar-refractivity contribution in [3.8, 4) is 0 Å². The molecule has 2 aromatic carbocycles. The maximum Gasteiger partial charge on any atom is 0.239 e. The van der Waals surface area contributed by atoms with Gasteiger partial charge in [-0.2, -0.15) is 0 Å².